The van der Waals surface area contributed by atoms with Gasteiger partial charge in [-0.15, -0.1) is 6.58 Å². The highest BCUT2D eigenvalue weighted by Gasteiger charge is 2.25. The summed E-state index contributed by atoms with van der Waals surface area (Å²) in [6.07, 6.45) is 3.16. The molecule has 8 heteroatoms. The van der Waals surface area contributed by atoms with Gasteiger partial charge in [-0.25, -0.2) is 13.4 Å². The monoisotopic (exact) mass is 453 g/mol. The van der Waals surface area contributed by atoms with Crippen LogP contribution in [0.15, 0.2) is 84.7 Å². The second-order valence-electron chi connectivity index (χ2n) is 7.26. The van der Waals surface area contributed by atoms with Gasteiger partial charge < -0.3 is 14.2 Å². The summed E-state index contributed by atoms with van der Waals surface area (Å²) in [7, 11) is -2.15. The summed E-state index contributed by atoms with van der Waals surface area (Å²) in [6, 6.07) is 17.9. The van der Waals surface area contributed by atoms with Crippen LogP contribution in [-0.4, -0.2) is 49.0 Å². The van der Waals surface area contributed by atoms with E-state index in [1.165, 1.54) is 6.20 Å². The van der Waals surface area contributed by atoms with Crippen LogP contribution in [0.3, 0.4) is 0 Å². The van der Waals surface area contributed by atoms with Crippen molar-refractivity contribution in [1.29, 1.82) is 0 Å². The van der Waals surface area contributed by atoms with Gasteiger partial charge in [0.25, 0.3) is 5.91 Å². The maximum atomic E-state index is 13.1. The first-order valence-electron chi connectivity index (χ1n) is 10.2. The summed E-state index contributed by atoms with van der Waals surface area (Å²) in [4.78, 5) is 18.9. The molecular formula is C24H27N3O4S. The number of sulfone groups is 1. The summed E-state index contributed by atoms with van der Waals surface area (Å²) in [5, 5.41) is -0.0286. The first-order chi connectivity index (χ1) is 15.5. The van der Waals surface area contributed by atoms with Gasteiger partial charge in [0, 0.05) is 25.8 Å². The first-order valence-corrected chi connectivity index (χ1v) is 11.9. The maximum Gasteiger partial charge on any atom is 0.254 e. The van der Waals surface area contributed by atoms with E-state index >= 15 is 0 Å². The van der Waals surface area contributed by atoms with Crippen LogP contribution in [0.5, 0.6) is 0 Å². The van der Waals surface area contributed by atoms with Crippen molar-refractivity contribution in [1.82, 2.24) is 14.5 Å². The van der Waals surface area contributed by atoms with Crippen LogP contribution in [0, 0.1) is 0 Å². The molecule has 0 bridgehead atoms. The van der Waals surface area contributed by atoms with Crippen LogP contribution in [0.4, 0.5) is 0 Å². The van der Waals surface area contributed by atoms with E-state index in [9.17, 15) is 13.2 Å². The van der Waals surface area contributed by atoms with Gasteiger partial charge >= 0.3 is 0 Å². The number of carbonyl (C=O) groups excluding carboxylic acids is 1. The van der Waals surface area contributed by atoms with E-state index in [0.29, 0.717) is 36.5 Å². The van der Waals surface area contributed by atoms with Crippen LogP contribution in [-0.2, 0) is 33.4 Å². The van der Waals surface area contributed by atoms with Crippen molar-refractivity contribution < 1.29 is 17.9 Å². The average Bonchev–Trinajstić information content (AvgIpc) is 3.21. The molecule has 0 saturated heterocycles. The molecule has 0 N–H and O–H groups in total. The fourth-order valence-corrected chi connectivity index (χ4v) is 4.90. The Morgan fingerprint density at radius 3 is 2.41 bits per heavy atom. The molecule has 32 heavy (non-hydrogen) atoms. The second kappa shape index (κ2) is 10.9. The Balaban J connectivity index is 1.92. The lowest BCUT2D eigenvalue weighted by atomic mass is 10.2. The number of amides is 1. The summed E-state index contributed by atoms with van der Waals surface area (Å²) < 4.78 is 33.1. The minimum atomic E-state index is -3.70. The smallest absolute Gasteiger partial charge is 0.254 e. The molecule has 1 heterocycles. The molecule has 0 aliphatic heterocycles. The minimum absolute atomic E-state index is 0.0286. The highest BCUT2D eigenvalue weighted by atomic mass is 32.2. The second-order valence-corrected chi connectivity index (χ2v) is 9.14. The van der Waals surface area contributed by atoms with E-state index in [1.807, 2.05) is 12.1 Å². The molecular weight excluding hydrogens is 426 g/mol. The van der Waals surface area contributed by atoms with Crippen LogP contribution in [0.2, 0.25) is 0 Å². The Kier molecular flexibility index (Phi) is 7.97. The lowest BCUT2D eigenvalue weighted by Crippen LogP contribution is -2.32. The minimum Gasteiger partial charge on any atom is -0.383 e. The molecule has 168 valence electrons. The van der Waals surface area contributed by atoms with Gasteiger partial charge in [0.15, 0.2) is 0 Å². The standard InChI is InChI=1S/C24H27N3O4S/c1-3-14-26(23(28)21-12-8-5-9-13-21)18-22-17-25-24(27(22)15-16-31-2)32(29,30)19-20-10-6-4-7-11-20/h3-13,17H,1,14-16,18-19H2,2H3. The van der Waals surface area contributed by atoms with Gasteiger partial charge in [0.2, 0.25) is 15.0 Å². The fraction of sp³-hybridized carbons (Fsp3) is 0.250. The Morgan fingerprint density at radius 2 is 1.78 bits per heavy atom. The van der Waals surface area contributed by atoms with Crippen LogP contribution in [0.1, 0.15) is 21.6 Å². The summed E-state index contributed by atoms with van der Waals surface area (Å²) >= 11 is 0. The van der Waals surface area contributed by atoms with Crippen molar-refractivity contribution in [2.75, 3.05) is 20.3 Å². The van der Waals surface area contributed by atoms with Gasteiger partial charge in [-0.05, 0) is 17.7 Å². The van der Waals surface area contributed by atoms with Gasteiger partial charge in [-0.2, -0.15) is 0 Å². The molecule has 1 amide bonds. The zero-order valence-electron chi connectivity index (χ0n) is 18.1. The van der Waals surface area contributed by atoms with Gasteiger partial charge in [0.1, 0.15) is 0 Å². The molecule has 0 unspecified atom stereocenters. The third-order valence-electron chi connectivity index (χ3n) is 4.91. The Bertz CT molecular complexity index is 1140. The maximum absolute atomic E-state index is 13.1. The van der Waals surface area contributed by atoms with Crippen LogP contribution in [0.25, 0.3) is 0 Å². The zero-order valence-corrected chi connectivity index (χ0v) is 18.9. The molecule has 0 aliphatic carbocycles. The SMILES string of the molecule is C=CCN(Cc1cnc(S(=O)(=O)Cc2ccccc2)n1CCOC)C(=O)c1ccccc1. The summed E-state index contributed by atoms with van der Waals surface area (Å²) in [5.41, 5.74) is 1.84. The number of hydrogen-bond acceptors (Lipinski definition) is 5. The van der Waals surface area contributed by atoms with E-state index < -0.39 is 9.84 Å². The largest absolute Gasteiger partial charge is 0.383 e. The lowest BCUT2D eigenvalue weighted by Gasteiger charge is -2.22. The predicted molar refractivity (Wildman–Crippen MR) is 123 cm³/mol. The van der Waals surface area contributed by atoms with Gasteiger partial charge in [-0.1, -0.05) is 54.6 Å². The number of ether oxygens (including phenoxy) is 1. The quantitative estimate of drug-likeness (QED) is 0.416. The lowest BCUT2D eigenvalue weighted by molar-refractivity contribution is 0.0758. The highest BCUT2D eigenvalue weighted by molar-refractivity contribution is 7.90. The molecule has 0 atom stereocenters. The highest BCUT2D eigenvalue weighted by Crippen LogP contribution is 2.19. The van der Waals surface area contributed by atoms with E-state index in [0.717, 1.165) is 0 Å². The topological polar surface area (TPSA) is 81.5 Å². The van der Waals surface area contributed by atoms with Crippen molar-refractivity contribution in [3.05, 3.63) is 96.3 Å². The number of carbonyl (C=O) groups is 1. The Morgan fingerprint density at radius 1 is 1.12 bits per heavy atom. The van der Waals surface area contributed by atoms with Crippen molar-refractivity contribution in [2.24, 2.45) is 0 Å². The number of hydrogen-bond donors (Lipinski definition) is 0. The van der Waals surface area contributed by atoms with Crippen molar-refractivity contribution >= 4 is 15.7 Å². The van der Waals surface area contributed by atoms with Crippen LogP contribution >= 0.6 is 0 Å². The molecule has 3 aromatic rings. The van der Waals surface area contributed by atoms with E-state index in [-0.39, 0.29) is 23.4 Å². The molecule has 0 aliphatic rings. The van der Waals surface area contributed by atoms with E-state index in [4.69, 9.17) is 4.74 Å². The molecule has 0 saturated carbocycles. The summed E-state index contributed by atoms with van der Waals surface area (Å²) in [5.74, 6) is -0.324. The van der Waals surface area contributed by atoms with E-state index in [2.05, 4.69) is 11.6 Å². The number of rotatable bonds is 11. The van der Waals surface area contributed by atoms with Crippen molar-refractivity contribution in [3.63, 3.8) is 0 Å². The van der Waals surface area contributed by atoms with Crippen molar-refractivity contribution in [2.45, 2.75) is 24.0 Å². The van der Waals surface area contributed by atoms with E-state index in [1.54, 1.807) is 71.2 Å². The van der Waals surface area contributed by atoms with Crippen LogP contribution < -0.4 is 0 Å². The molecule has 0 fully saturated rings. The number of benzene rings is 2. The molecule has 3 rings (SSSR count). The first kappa shape index (κ1) is 23.4. The molecule has 2 aromatic carbocycles. The third-order valence-corrected chi connectivity index (χ3v) is 6.50. The average molecular weight is 454 g/mol. The fourth-order valence-electron chi connectivity index (χ4n) is 3.38. The summed E-state index contributed by atoms with van der Waals surface area (Å²) in [6.45, 7) is 4.87. The predicted octanol–water partition coefficient (Wildman–Crippen LogP) is 3.33. The molecule has 1 aromatic heterocycles. The Labute approximate surface area is 188 Å². The number of methoxy groups -OCH3 is 1. The molecule has 0 spiro atoms. The number of aromatic nitrogens is 2. The zero-order chi connectivity index (χ0) is 23.0. The van der Waals surface area contributed by atoms with Gasteiger partial charge in [-0.3, -0.25) is 4.79 Å². The molecule has 0 radical (unpaired) electrons. The normalized spacial score (nSPS) is 11.3. The Hall–Kier alpha value is -3.23. The third kappa shape index (κ3) is 5.72. The number of nitrogens with zero attached hydrogens (tertiary/aromatic N) is 3. The van der Waals surface area contributed by atoms with Gasteiger partial charge in [0.05, 0.1) is 30.8 Å². The van der Waals surface area contributed by atoms with Crippen molar-refractivity contribution in [3.8, 4) is 0 Å². The number of imidazole rings is 1. The molecule has 7 nitrogen and oxygen atoms in total.